The van der Waals surface area contributed by atoms with Crippen molar-refractivity contribution in [1.82, 2.24) is 4.90 Å². The number of nitrogens with zero attached hydrogens (tertiary/aromatic N) is 1. The maximum Gasteiger partial charge on any atom is 0.0640 e. The van der Waals surface area contributed by atoms with Gasteiger partial charge >= 0.3 is 0 Å². The maximum absolute atomic E-state index is 6.42. The number of benzene rings is 1. The van der Waals surface area contributed by atoms with Crippen LogP contribution in [0.25, 0.3) is 0 Å². The molecule has 1 heterocycles. The third-order valence-corrected chi connectivity index (χ3v) is 4.95. The molecule has 2 unspecified atom stereocenters. The van der Waals surface area contributed by atoms with Crippen molar-refractivity contribution in [2.24, 2.45) is 11.7 Å². The Morgan fingerprint density at radius 2 is 2.11 bits per heavy atom. The summed E-state index contributed by atoms with van der Waals surface area (Å²) in [6.45, 7) is 5.03. The zero-order chi connectivity index (χ0) is 13.8. The molecular weight excluding hydrogens is 279 g/mol. The largest absolute Gasteiger partial charge is 0.330 e. The molecule has 1 fully saturated rings. The van der Waals surface area contributed by atoms with E-state index in [2.05, 4.69) is 17.9 Å². The van der Waals surface area contributed by atoms with Crippen LogP contribution in [0.15, 0.2) is 18.2 Å². The average Bonchev–Trinajstić information content (AvgIpc) is 2.63. The molecule has 0 amide bonds. The monoisotopic (exact) mass is 300 g/mol. The molecule has 2 rings (SSSR count). The molecule has 19 heavy (non-hydrogen) atoms. The minimum Gasteiger partial charge on any atom is -0.330 e. The lowest BCUT2D eigenvalue weighted by molar-refractivity contribution is 0.166. The molecular formula is C15H22Cl2N2. The van der Waals surface area contributed by atoms with E-state index in [0.717, 1.165) is 18.7 Å². The van der Waals surface area contributed by atoms with Crippen LogP contribution in [0.2, 0.25) is 10.0 Å². The topological polar surface area (TPSA) is 29.3 Å². The Kier molecular flexibility index (Phi) is 5.52. The molecule has 0 aromatic heterocycles. The Morgan fingerprint density at radius 1 is 1.32 bits per heavy atom. The zero-order valence-corrected chi connectivity index (χ0v) is 12.9. The molecule has 0 spiro atoms. The van der Waals surface area contributed by atoms with E-state index < -0.39 is 0 Å². The number of likely N-dealkylation sites (tertiary alicyclic amines) is 1. The molecule has 2 N–H and O–H groups in total. The van der Waals surface area contributed by atoms with Crippen molar-refractivity contribution in [2.75, 3.05) is 19.6 Å². The van der Waals surface area contributed by atoms with E-state index in [1.165, 1.54) is 19.3 Å². The van der Waals surface area contributed by atoms with Gasteiger partial charge in [0.05, 0.1) is 10.0 Å². The second kappa shape index (κ2) is 6.94. The number of rotatable bonds is 3. The third kappa shape index (κ3) is 3.25. The van der Waals surface area contributed by atoms with E-state index in [9.17, 15) is 0 Å². The first-order valence-corrected chi connectivity index (χ1v) is 7.82. The fourth-order valence-electron chi connectivity index (χ4n) is 3.12. The van der Waals surface area contributed by atoms with E-state index in [1.54, 1.807) is 0 Å². The molecule has 1 aromatic rings. The predicted molar refractivity (Wildman–Crippen MR) is 82.8 cm³/mol. The Morgan fingerprint density at radius 3 is 2.79 bits per heavy atom. The summed E-state index contributed by atoms with van der Waals surface area (Å²) in [5, 5.41) is 1.32. The fraction of sp³-hybridized carbons (Fsp3) is 0.600. The number of halogens is 2. The van der Waals surface area contributed by atoms with E-state index >= 15 is 0 Å². The molecule has 1 saturated heterocycles. The van der Waals surface area contributed by atoms with Crippen LogP contribution in [0.3, 0.4) is 0 Å². The summed E-state index contributed by atoms with van der Waals surface area (Å²) in [6, 6.07) is 6.21. The maximum atomic E-state index is 6.42. The lowest BCUT2D eigenvalue weighted by Crippen LogP contribution is -2.35. The normalized spacial score (nSPS) is 25.3. The molecule has 2 nitrogen and oxygen atoms in total. The lowest BCUT2D eigenvalue weighted by Gasteiger charge is -2.35. The highest BCUT2D eigenvalue weighted by Crippen LogP contribution is 2.39. The standard InChI is InChI=1S/C15H22Cl2N2/c1-2-19-9-4-3-6-11(10-18)15(19)12-7-5-8-13(16)14(12)17/h5,7-8,11,15H,2-4,6,9-10,18H2,1H3. The summed E-state index contributed by atoms with van der Waals surface area (Å²) < 4.78 is 0. The molecule has 106 valence electrons. The van der Waals surface area contributed by atoms with Crippen LogP contribution < -0.4 is 5.73 Å². The molecule has 1 aliphatic rings. The van der Waals surface area contributed by atoms with Crippen LogP contribution in [0.4, 0.5) is 0 Å². The van der Waals surface area contributed by atoms with Crippen molar-refractivity contribution in [3.63, 3.8) is 0 Å². The summed E-state index contributed by atoms with van der Waals surface area (Å²) in [6.07, 6.45) is 3.65. The van der Waals surface area contributed by atoms with Gasteiger partial charge < -0.3 is 5.73 Å². The highest BCUT2D eigenvalue weighted by atomic mass is 35.5. The van der Waals surface area contributed by atoms with Gasteiger partial charge in [-0.05, 0) is 50.0 Å². The molecule has 2 atom stereocenters. The second-order valence-corrected chi connectivity index (χ2v) is 5.99. The Labute approximate surface area is 125 Å². The quantitative estimate of drug-likeness (QED) is 0.910. The van der Waals surface area contributed by atoms with Gasteiger partial charge in [-0.15, -0.1) is 0 Å². The smallest absolute Gasteiger partial charge is 0.0640 e. The molecule has 0 saturated carbocycles. The molecule has 0 bridgehead atoms. The summed E-state index contributed by atoms with van der Waals surface area (Å²) >= 11 is 12.6. The fourth-order valence-corrected chi connectivity index (χ4v) is 3.54. The summed E-state index contributed by atoms with van der Waals surface area (Å²) in [7, 11) is 0. The first-order chi connectivity index (χ1) is 9.19. The van der Waals surface area contributed by atoms with E-state index in [4.69, 9.17) is 28.9 Å². The highest BCUT2D eigenvalue weighted by Gasteiger charge is 2.31. The van der Waals surface area contributed by atoms with Gasteiger partial charge in [0, 0.05) is 6.04 Å². The van der Waals surface area contributed by atoms with E-state index in [1.807, 2.05) is 12.1 Å². The van der Waals surface area contributed by atoms with Gasteiger partial charge in [-0.25, -0.2) is 0 Å². The van der Waals surface area contributed by atoms with E-state index in [-0.39, 0.29) is 0 Å². The predicted octanol–water partition coefficient (Wildman–Crippen LogP) is 4.12. The first kappa shape index (κ1) is 15.1. The summed E-state index contributed by atoms with van der Waals surface area (Å²) in [4.78, 5) is 2.49. The average molecular weight is 301 g/mol. The van der Waals surface area contributed by atoms with Crippen molar-refractivity contribution in [1.29, 1.82) is 0 Å². The van der Waals surface area contributed by atoms with E-state index in [0.29, 0.717) is 28.5 Å². The lowest BCUT2D eigenvalue weighted by atomic mass is 9.89. The van der Waals surface area contributed by atoms with Crippen LogP contribution in [-0.2, 0) is 0 Å². The Bertz CT molecular complexity index is 409. The van der Waals surface area contributed by atoms with Crippen LogP contribution in [-0.4, -0.2) is 24.5 Å². The molecule has 0 aliphatic carbocycles. The molecule has 1 aromatic carbocycles. The number of hydrogen-bond acceptors (Lipinski definition) is 2. The van der Waals surface area contributed by atoms with Crippen molar-refractivity contribution in [3.8, 4) is 0 Å². The van der Waals surface area contributed by atoms with Crippen molar-refractivity contribution >= 4 is 23.2 Å². The Hall–Kier alpha value is -0.280. The van der Waals surface area contributed by atoms with Gasteiger partial charge in [0.2, 0.25) is 0 Å². The third-order valence-electron chi connectivity index (χ3n) is 4.12. The Balaban J connectivity index is 2.42. The van der Waals surface area contributed by atoms with Gasteiger partial charge in [-0.2, -0.15) is 0 Å². The van der Waals surface area contributed by atoms with Gasteiger partial charge in [-0.3, -0.25) is 4.90 Å². The van der Waals surface area contributed by atoms with Gasteiger partial charge in [0.25, 0.3) is 0 Å². The summed E-state index contributed by atoms with van der Waals surface area (Å²) in [5.41, 5.74) is 7.14. The first-order valence-electron chi connectivity index (χ1n) is 7.07. The minimum atomic E-state index is 0.295. The van der Waals surface area contributed by atoms with Gasteiger partial charge in [0.15, 0.2) is 0 Å². The van der Waals surface area contributed by atoms with Crippen LogP contribution in [0.1, 0.15) is 37.8 Å². The number of hydrogen-bond donors (Lipinski definition) is 1. The zero-order valence-electron chi connectivity index (χ0n) is 11.4. The number of nitrogens with two attached hydrogens (primary N) is 1. The SMILES string of the molecule is CCN1CCCCC(CN)C1c1cccc(Cl)c1Cl. The van der Waals surface area contributed by atoms with Crippen LogP contribution in [0.5, 0.6) is 0 Å². The van der Waals surface area contributed by atoms with Crippen LogP contribution >= 0.6 is 23.2 Å². The second-order valence-electron chi connectivity index (χ2n) is 5.21. The van der Waals surface area contributed by atoms with Crippen LogP contribution in [0, 0.1) is 5.92 Å². The molecule has 1 aliphatic heterocycles. The minimum absolute atomic E-state index is 0.295. The van der Waals surface area contributed by atoms with Gasteiger partial charge in [-0.1, -0.05) is 48.7 Å². The molecule has 0 radical (unpaired) electrons. The summed E-state index contributed by atoms with van der Waals surface area (Å²) in [5.74, 6) is 0.457. The van der Waals surface area contributed by atoms with Crippen molar-refractivity contribution < 1.29 is 0 Å². The van der Waals surface area contributed by atoms with Crippen molar-refractivity contribution in [3.05, 3.63) is 33.8 Å². The van der Waals surface area contributed by atoms with Gasteiger partial charge in [0.1, 0.15) is 0 Å². The highest BCUT2D eigenvalue weighted by molar-refractivity contribution is 6.42. The molecule has 4 heteroatoms. The van der Waals surface area contributed by atoms with Crippen molar-refractivity contribution in [2.45, 2.75) is 32.2 Å².